The fourth-order valence-corrected chi connectivity index (χ4v) is 2.62. The molecule has 22 heavy (non-hydrogen) atoms. The van der Waals surface area contributed by atoms with E-state index in [9.17, 15) is 9.59 Å². The lowest BCUT2D eigenvalue weighted by Gasteiger charge is -2.20. The molecule has 0 bridgehead atoms. The molecule has 0 aliphatic heterocycles. The summed E-state index contributed by atoms with van der Waals surface area (Å²) in [6.07, 6.45) is 5.07. The molecule has 0 N–H and O–H groups in total. The summed E-state index contributed by atoms with van der Waals surface area (Å²) in [7, 11) is 1.47. The van der Waals surface area contributed by atoms with Crippen molar-refractivity contribution in [2.75, 3.05) is 13.7 Å². The molecular formula is C17H22O5. The first-order chi connectivity index (χ1) is 10.7. The zero-order valence-electron chi connectivity index (χ0n) is 13.1. The van der Waals surface area contributed by atoms with Crippen LogP contribution in [0.5, 0.6) is 11.5 Å². The van der Waals surface area contributed by atoms with Crippen molar-refractivity contribution >= 4 is 11.9 Å². The van der Waals surface area contributed by atoms with Crippen LogP contribution >= 0.6 is 0 Å². The van der Waals surface area contributed by atoms with Crippen molar-refractivity contribution < 1.29 is 23.8 Å². The summed E-state index contributed by atoms with van der Waals surface area (Å²) < 4.78 is 15.6. The van der Waals surface area contributed by atoms with Crippen molar-refractivity contribution in [2.45, 2.75) is 39.0 Å². The van der Waals surface area contributed by atoms with Gasteiger partial charge in [-0.15, -0.1) is 0 Å². The minimum atomic E-state index is -0.425. The third kappa shape index (κ3) is 4.00. The molecule has 0 aromatic heterocycles. The van der Waals surface area contributed by atoms with Crippen molar-refractivity contribution in [3.05, 3.63) is 23.8 Å². The van der Waals surface area contributed by atoms with Crippen molar-refractivity contribution in [3.8, 4) is 11.5 Å². The molecule has 1 aromatic rings. The zero-order chi connectivity index (χ0) is 15.9. The average Bonchev–Trinajstić information content (AvgIpc) is 2.56. The van der Waals surface area contributed by atoms with Gasteiger partial charge in [-0.1, -0.05) is 19.3 Å². The van der Waals surface area contributed by atoms with E-state index < -0.39 is 5.97 Å². The Hall–Kier alpha value is -2.04. The number of rotatable bonds is 5. The largest absolute Gasteiger partial charge is 0.493 e. The number of carbonyl (C=O) groups excluding carboxylic acids is 2. The Morgan fingerprint density at radius 2 is 1.86 bits per heavy atom. The van der Waals surface area contributed by atoms with Crippen molar-refractivity contribution in [1.82, 2.24) is 0 Å². The van der Waals surface area contributed by atoms with Gasteiger partial charge in [0.1, 0.15) is 0 Å². The van der Waals surface area contributed by atoms with E-state index in [-0.39, 0.29) is 11.9 Å². The molecule has 1 aliphatic rings. The van der Waals surface area contributed by atoms with Crippen LogP contribution in [-0.2, 0) is 9.53 Å². The molecule has 1 fully saturated rings. The maximum Gasteiger partial charge on any atom is 0.338 e. The summed E-state index contributed by atoms with van der Waals surface area (Å²) in [5.41, 5.74) is 0.371. The number of carbonyl (C=O) groups is 2. The summed E-state index contributed by atoms with van der Waals surface area (Å²) in [6, 6.07) is 4.68. The van der Waals surface area contributed by atoms with Crippen molar-refractivity contribution in [1.29, 1.82) is 0 Å². The molecule has 1 aromatic carbocycles. The molecule has 0 spiro atoms. The van der Waals surface area contributed by atoms with Crippen LogP contribution in [0.3, 0.4) is 0 Å². The molecule has 0 atom stereocenters. The van der Waals surface area contributed by atoms with Gasteiger partial charge in [-0.2, -0.15) is 0 Å². The molecule has 0 heterocycles. The van der Waals surface area contributed by atoms with Gasteiger partial charge in [0, 0.05) is 0 Å². The monoisotopic (exact) mass is 306 g/mol. The van der Waals surface area contributed by atoms with Gasteiger partial charge in [-0.25, -0.2) is 4.79 Å². The minimum Gasteiger partial charge on any atom is -0.493 e. The van der Waals surface area contributed by atoms with E-state index in [1.807, 2.05) is 0 Å². The molecular weight excluding hydrogens is 284 g/mol. The normalized spacial score (nSPS) is 15.2. The molecule has 0 radical (unpaired) electrons. The van der Waals surface area contributed by atoms with Gasteiger partial charge < -0.3 is 14.2 Å². The van der Waals surface area contributed by atoms with Crippen molar-refractivity contribution in [2.24, 2.45) is 5.92 Å². The van der Waals surface area contributed by atoms with E-state index in [2.05, 4.69) is 0 Å². The first-order valence-electron chi connectivity index (χ1n) is 7.72. The second-order valence-electron chi connectivity index (χ2n) is 5.34. The van der Waals surface area contributed by atoms with Gasteiger partial charge in [-0.3, -0.25) is 4.79 Å². The highest BCUT2D eigenvalue weighted by Crippen LogP contribution is 2.31. The lowest BCUT2D eigenvalue weighted by Crippen LogP contribution is -2.23. The van der Waals surface area contributed by atoms with Crippen molar-refractivity contribution in [3.63, 3.8) is 0 Å². The quantitative estimate of drug-likeness (QED) is 0.616. The summed E-state index contributed by atoms with van der Waals surface area (Å²) in [4.78, 5) is 23.9. The highest BCUT2D eigenvalue weighted by molar-refractivity contribution is 5.90. The second-order valence-corrected chi connectivity index (χ2v) is 5.34. The van der Waals surface area contributed by atoms with Gasteiger partial charge in [0.15, 0.2) is 11.5 Å². The highest BCUT2D eigenvalue weighted by atomic mass is 16.6. The smallest absolute Gasteiger partial charge is 0.338 e. The maximum atomic E-state index is 12.2. The van der Waals surface area contributed by atoms with E-state index in [1.54, 1.807) is 19.1 Å². The zero-order valence-corrected chi connectivity index (χ0v) is 13.1. The number of methoxy groups -OCH3 is 1. The number of benzene rings is 1. The summed E-state index contributed by atoms with van der Waals surface area (Å²) in [5, 5.41) is 0. The molecule has 5 heteroatoms. The van der Waals surface area contributed by atoms with Crippen LogP contribution < -0.4 is 9.47 Å². The predicted octanol–water partition coefficient (Wildman–Crippen LogP) is 3.36. The fraction of sp³-hybridized carbons (Fsp3) is 0.529. The van der Waals surface area contributed by atoms with Crippen LogP contribution in [0.25, 0.3) is 0 Å². The van der Waals surface area contributed by atoms with Gasteiger partial charge >= 0.3 is 11.9 Å². The Morgan fingerprint density at radius 1 is 1.14 bits per heavy atom. The molecule has 5 nitrogen and oxygen atoms in total. The SMILES string of the molecule is CCOC(=O)c1ccc(OC(=O)C2CCCCC2)c(OC)c1. The maximum absolute atomic E-state index is 12.2. The molecule has 1 aliphatic carbocycles. The second kappa shape index (κ2) is 7.82. The first kappa shape index (κ1) is 16.3. The molecule has 0 unspecified atom stereocenters. The van der Waals surface area contributed by atoms with Crippen LogP contribution in [0, 0.1) is 5.92 Å². The molecule has 1 saturated carbocycles. The summed E-state index contributed by atoms with van der Waals surface area (Å²) in [5.74, 6) is 0.0110. The highest BCUT2D eigenvalue weighted by Gasteiger charge is 2.24. The van der Waals surface area contributed by atoms with E-state index in [0.29, 0.717) is 23.7 Å². The van der Waals surface area contributed by atoms with Crippen LogP contribution in [-0.4, -0.2) is 25.7 Å². The van der Waals surface area contributed by atoms with Gasteiger partial charge in [0.05, 0.1) is 25.2 Å². The van der Waals surface area contributed by atoms with E-state index in [4.69, 9.17) is 14.2 Å². The van der Waals surface area contributed by atoms with Crippen LogP contribution in [0.2, 0.25) is 0 Å². The lowest BCUT2D eigenvalue weighted by molar-refractivity contribution is -0.140. The minimum absolute atomic E-state index is 0.0387. The lowest BCUT2D eigenvalue weighted by atomic mass is 9.89. The number of esters is 2. The number of ether oxygens (including phenoxy) is 3. The van der Waals surface area contributed by atoms with E-state index >= 15 is 0 Å². The van der Waals surface area contributed by atoms with Crippen LogP contribution in [0.15, 0.2) is 18.2 Å². The van der Waals surface area contributed by atoms with Gasteiger partial charge in [-0.05, 0) is 38.0 Å². The fourth-order valence-electron chi connectivity index (χ4n) is 2.62. The standard InChI is InChI=1S/C17H22O5/c1-3-21-16(18)13-9-10-14(15(11-13)20-2)22-17(19)12-7-5-4-6-8-12/h9-12H,3-8H2,1-2H3. The van der Waals surface area contributed by atoms with Gasteiger partial charge in [0.2, 0.25) is 0 Å². The molecule has 0 saturated heterocycles. The molecule has 120 valence electrons. The number of hydrogen-bond donors (Lipinski definition) is 0. The van der Waals surface area contributed by atoms with E-state index in [1.165, 1.54) is 19.6 Å². The molecule has 0 amide bonds. The van der Waals surface area contributed by atoms with E-state index in [0.717, 1.165) is 25.7 Å². The topological polar surface area (TPSA) is 61.8 Å². The first-order valence-corrected chi connectivity index (χ1v) is 7.72. The summed E-state index contributed by atoms with van der Waals surface area (Å²) in [6.45, 7) is 2.05. The Bertz CT molecular complexity index is 532. The molecule has 2 rings (SSSR count). The Kier molecular flexibility index (Phi) is 5.81. The Morgan fingerprint density at radius 3 is 2.50 bits per heavy atom. The Labute approximate surface area is 130 Å². The van der Waals surface area contributed by atoms with Crippen LogP contribution in [0.4, 0.5) is 0 Å². The number of hydrogen-bond acceptors (Lipinski definition) is 5. The van der Waals surface area contributed by atoms with Gasteiger partial charge in [0.25, 0.3) is 0 Å². The third-order valence-corrected chi connectivity index (χ3v) is 3.82. The summed E-state index contributed by atoms with van der Waals surface area (Å²) >= 11 is 0. The van der Waals surface area contributed by atoms with Crippen LogP contribution in [0.1, 0.15) is 49.4 Å². The predicted molar refractivity (Wildman–Crippen MR) is 81.2 cm³/mol. The Balaban J connectivity index is 2.10. The average molecular weight is 306 g/mol. The third-order valence-electron chi connectivity index (χ3n) is 3.82.